The molecule has 0 saturated carbocycles. The first-order chi connectivity index (χ1) is 27.0. The van der Waals surface area contributed by atoms with Gasteiger partial charge in [0.15, 0.2) is 0 Å². The molecule has 0 fully saturated rings. The number of nitrogens with zero attached hydrogens (tertiary/aromatic N) is 1. The molecule has 0 saturated heterocycles. The Morgan fingerprint density at radius 1 is 0.400 bits per heavy atom. The summed E-state index contributed by atoms with van der Waals surface area (Å²) in [5, 5.41) is 7.82. The van der Waals surface area contributed by atoms with Crippen molar-refractivity contribution in [1.29, 1.82) is 0 Å². The third-order valence-corrected chi connectivity index (χ3v) is 13.1. The molecule has 0 unspecified atom stereocenters. The lowest BCUT2D eigenvalue weighted by Gasteiger charge is -2.28. The molecule has 0 atom stereocenters. The highest BCUT2D eigenvalue weighted by Crippen LogP contribution is 2.51. The molecule has 0 radical (unpaired) electrons. The predicted octanol–water partition coefficient (Wildman–Crippen LogP) is 15.5. The maximum atomic E-state index is 2.44. The second-order valence-corrected chi connectivity index (χ2v) is 16.4. The van der Waals surface area contributed by atoms with E-state index in [1.165, 1.54) is 86.2 Å². The van der Waals surface area contributed by atoms with Crippen LogP contribution in [-0.4, -0.2) is 0 Å². The first-order valence-electron chi connectivity index (χ1n) is 19.1. The highest BCUT2D eigenvalue weighted by molar-refractivity contribution is 7.26. The Morgan fingerprint density at radius 3 is 1.76 bits per heavy atom. The molecule has 0 spiro atoms. The van der Waals surface area contributed by atoms with E-state index < -0.39 is 0 Å². The van der Waals surface area contributed by atoms with Gasteiger partial charge in [-0.1, -0.05) is 159 Å². The van der Waals surface area contributed by atoms with Crippen molar-refractivity contribution in [2.24, 2.45) is 0 Å². The van der Waals surface area contributed by atoms with Crippen LogP contribution in [0.5, 0.6) is 0 Å². The minimum absolute atomic E-state index is 0.0959. The van der Waals surface area contributed by atoms with Crippen LogP contribution < -0.4 is 4.90 Å². The zero-order valence-corrected chi connectivity index (χ0v) is 31.6. The minimum Gasteiger partial charge on any atom is -0.310 e. The van der Waals surface area contributed by atoms with Gasteiger partial charge in [-0.3, -0.25) is 0 Å². The van der Waals surface area contributed by atoms with Gasteiger partial charge in [-0.05, 0) is 103 Å². The predicted molar refractivity (Wildman–Crippen MR) is 237 cm³/mol. The topological polar surface area (TPSA) is 3.24 Å². The van der Waals surface area contributed by atoms with Gasteiger partial charge in [0.1, 0.15) is 0 Å². The van der Waals surface area contributed by atoms with Crippen molar-refractivity contribution < 1.29 is 0 Å². The van der Waals surface area contributed by atoms with Gasteiger partial charge in [0.2, 0.25) is 0 Å². The third-order valence-electron chi connectivity index (χ3n) is 11.9. The van der Waals surface area contributed by atoms with Crippen LogP contribution >= 0.6 is 11.3 Å². The van der Waals surface area contributed by atoms with E-state index in [0.29, 0.717) is 0 Å². The highest BCUT2D eigenvalue weighted by Gasteiger charge is 2.35. The Labute approximate surface area is 325 Å². The monoisotopic (exact) mass is 719 g/mol. The average molecular weight is 720 g/mol. The smallest absolute Gasteiger partial charge is 0.0468 e. The van der Waals surface area contributed by atoms with Crippen molar-refractivity contribution in [2.75, 3.05) is 4.90 Å². The van der Waals surface area contributed by atoms with Crippen molar-refractivity contribution in [3.63, 3.8) is 0 Å². The van der Waals surface area contributed by atoms with Gasteiger partial charge in [0.05, 0.1) is 0 Å². The standard InChI is InChI=1S/C53H37NS/c1-53(2)48-14-8-6-12-44(48)45-31-28-42(33-49(45)53)54(40-25-22-37(23-26-40)36-18-16-35(17-19-36)34-10-4-3-5-11-34)41-27-30-43-39(32-41)21-20-38-24-29-47-46-13-7-9-15-50(46)55-52(47)51(38)43/h3-33H,1-2H3. The van der Waals surface area contributed by atoms with Crippen molar-refractivity contribution in [2.45, 2.75) is 19.3 Å². The zero-order chi connectivity index (χ0) is 36.7. The molecule has 9 aromatic carbocycles. The Hall–Kier alpha value is -6.48. The van der Waals surface area contributed by atoms with Crippen LogP contribution in [0.3, 0.4) is 0 Å². The number of fused-ring (bicyclic) bond motifs is 10. The van der Waals surface area contributed by atoms with Crippen molar-refractivity contribution in [1.82, 2.24) is 0 Å². The van der Waals surface area contributed by atoms with Crippen molar-refractivity contribution in [3.05, 3.63) is 199 Å². The van der Waals surface area contributed by atoms with E-state index in [1.807, 2.05) is 11.3 Å². The van der Waals surface area contributed by atoms with Gasteiger partial charge in [0, 0.05) is 48.0 Å². The van der Waals surface area contributed by atoms with Crippen LogP contribution in [0.4, 0.5) is 17.1 Å². The number of hydrogen-bond donors (Lipinski definition) is 0. The molecular weight excluding hydrogens is 683 g/mol. The number of anilines is 3. The second kappa shape index (κ2) is 12.3. The summed E-state index contributed by atoms with van der Waals surface area (Å²) in [7, 11) is 0. The van der Waals surface area contributed by atoms with E-state index in [9.17, 15) is 0 Å². The molecular formula is C53H37NS. The first-order valence-corrected chi connectivity index (χ1v) is 19.9. The average Bonchev–Trinajstić information content (AvgIpc) is 3.73. The molecule has 260 valence electrons. The van der Waals surface area contributed by atoms with E-state index in [2.05, 4.69) is 207 Å². The molecule has 0 N–H and O–H groups in total. The summed E-state index contributed by atoms with van der Waals surface area (Å²) >= 11 is 1.90. The van der Waals surface area contributed by atoms with E-state index in [-0.39, 0.29) is 5.41 Å². The Kier molecular flexibility index (Phi) is 7.14. The lowest BCUT2D eigenvalue weighted by molar-refractivity contribution is 0.660. The minimum atomic E-state index is -0.0959. The largest absolute Gasteiger partial charge is 0.310 e. The molecule has 1 nitrogen and oxygen atoms in total. The van der Waals surface area contributed by atoms with Crippen LogP contribution in [0.1, 0.15) is 25.0 Å². The van der Waals surface area contributed by atoms with Crippen LogP contribution in [-0.2, 0) is 5.41 Å². The third kappa shape index (κ3) is 5.06. The molecule has 1 aliphatic carbocycles. The molecule has 0 bridgehead atoms. The summed E-state index contributed by atoms with van der Waals surface area (Å²) < 4.78 is 2.70. The molecule has 2 heteroatoms. The fraction of sp³-hybridized carbons (Fsp3) is 0.0566. The summed E-state index contributed by atoms with van der Waals surface area (Å²) in [6.45, 7) is 4.72. The van der Waals surface area contributed by atoms with Gasteiger partial charge >= 0.3 is 0 Å². The lowest BCUT2D eigenvalue weighted by atomic mass is 9.82. The van der Waals surface area contributed by atoms with Gasteiger partial charge in [-0.15, -0.1) is 11.3 Å². The normalized spacial score (nSPS) is 13.1. The van der Waals surface area contributed by atoms with Gasteiger partial charge in [0.25, 0.3) is 0 Å². The summed E-state index contributed by atoms with van der Waals surface area (Å²) in [5.74, 6) is 0. The summed E-state index contributed by atoms with van der Waals surface area (Å²) in [6.07, 6.45) is 0. The van der Waals surface area contributed by atoms with Crippen molar-refractivity contribution in [3.8, 4) is 33.4 Å². The number of benzene rings is 9. The van der Waals surface area contributed by atoms with Crippen LogP contribution in [0.25, 0.3) is 75.1 Å². The van der Waals surface area contributed by atoms with Crippen LogP contribution in [0.2, 0.25) is 0 Å². The Bertz CT molecular complexity index is 3100. The Balaban J connectivity index is 1.05. The second-order valence-electron chi connectivity index (χ2n) is 15.3. The molecule has 1 heterocycles. The zero-order valence-electron chi connectivity index (χ0n) is 30.8. The summed E-state index contributed by atoms with van der Waals surface area (Å²) in [5.41, 5.74) is 13.6. The highest BCUT2D eigenvalue weighted by atomic mass is 32.1. The number of thiophene rings is 1. The summed E-state index contributed by atoms with van der Waals surface area (Å²) in [4.78, 5) is 2.44. The van der Waals surface area contributed by atoms with E-state index in [0.717, 1.165) is 17.1 Å². The van der Waals surface area contributed by atoms with Crippen molar-refractivity contribution >= 4 is 70.1 Å². The molecule has 55 heavy (non-hydrogen) atoms. The lowest BCUT2D eigenvalue weighted by Crippen LogP contribution is -2.16. The maximum Gasteiger partial charge on any atom is 0.0468 e. The van der Waals surface area contributed by atoms with E-state index in [4.69, 9.17) is 0 Å². The fourth-order valence-corrected chi connectivity index (χ4v) is 10.3. The van der Waals surface area contributed by atoms with E-state index >= 15 is 0 Å². The molecule has 0 aliphatic heterocycles. The van der Waals surface area contributed by atoms with Gasteiger partial charge in [-0.2, -0.15) is 0 Å². The molecule has 10 aromatic rings. The first kappa shape index (κ1) is 32.0. The number of hydrogen-bond acceptors (Lipinski definition) is 2. The van der Waals surface area contributed by atoms with E-state index in [1.54, 1.807) is 0 Å². The van der Waals surface area contributed by atoms with Gasteiger partial charge in [-0.25, -0.2) is 0 Å². The van der Waals surface area contributed by atoms with Crippen LogP contribution in [0, 0.1) is 0 Å². The maximum absolute atomic E-state index is 2.44. The molecule has 1 aromatic heterocycles. The molecule has 1 aliphatic rings. The van der Waals surface area contributed by atoms with Crippen LogP contribution in [0.15, 0.2) is 188 Å². The fourth-order valence-electron chi connectivity index (χ4n) is 9.02. The molecule has 0 amide bonds. The number of rotatable bonds is 5. The quantitative estimate of drug-likeness (QED) is 0.160. The molecule has 11 rings (SSSR count). The summed E-state index contributed by atoms with van der Waals surface area (Å²) in [6, 6.07) is 69.5. The van der Waals surface area contributed by atoms with Gasteiger partial charge < -0.3 is 4.90 Å². The Morgan fingerprint density at radius 2 is 0.964 bits per heavy atom. The SMILES string of the molecule is CC1(C)c2ccccc2-c2ccc(N(c3ccc(-c4ccc(-c5ccccc5)cc4)cc3)c3ccc4c(ccc5ccc6c7ccccc7sc6c54)c3)cc21.